The van der Waals surface area contributed by atoms with E-state index < -0.39 is 0 Å². The van der Waals surface area contributed by atoms with Crippen LogP contribution in [-0.2, 0) is 16.9 Å². The lowest BCUT2D eigenvalue weighted by atomic mass is 9.77. The van der Waals surface area contributed by atoms with Crippen LogP contribution in [0.1, 0.15) is 43.2 Å². The molecule has 0 bridgehead atoms. The first-order chi connectivity index (χ1) is 8.69. The highest BCUT2D eigenvalue weighted by Gasteiger charge is 2.29. The quantitative estimate of drug-likeness (QED) is 0.892. The van der Waals surface area contributed by atoms with Crippen molar-refractivity contribution in [3.05, 3.63) is 29.3 Å². The van der Waals surface area contributed by atoms with Crippen LogP contribution < -0.4 is 10.5 Å². The summed E-state index contributed by atoms with van der Waals surface area (Å²) >= 11 is 0. The molecule has 0 aliphatic heterocycles. The summed E-state index contributed by atoms with van der Waals surface area (Å²) in [5, 5.41) is 0. The smallest absolute Gasteiger partial charge is 0.124 e. The lowest BCUT2D eigenvalue weighted by Gasteiger charge is -2.34. The van der Waals surface area contributed by atoms with Gasteiger partial charge in [0.05, 0.1) is 13.7 Å². The van der Waals surface area contributed by atoms with Gasteiger partial charge in [0.1, 0.15) is 5.75 Å². The average molecular weight is 249 g/mol. The molecular formula is C15H23NO2. The van der Waals surface area contributed by atoms with Crippen molar-refractivity contribution in [2.24, 2.45) is 5.73 Å². The second kappa shape index (κ2) is 5.72. The van der Waals surface area contributed by atoms with Gasteiger partial charge in [0.2, 0.25) is 0 Å². The average Bonchev–Trinajstić information content (AvgIpc) is 2.40. The second-order valence-corrected chi connectivity index (χ2v) is 5.18. The summed E-state index contributed by atoms with van der Waals surface area (Å²) in [6.07, 6.45) is 5.90. The molecule has 1 saturated carbocycles. The van der Waals surface area contributed by atoms with E-state index in [1.54, 1.807) is 14.2 Å². The summed E-state index contributed by atoms with van der Waals surface area (Å²) in [4.78, 5) is 0. The van der Waals surface area contributed by atoms with Crippen LogP contribution >= 0.6 is 0 Å². The van der Waals surface area contributed by atoms with Crippen molar-refractivity contribution < 1.29 is 9.47 Å². The fraction of sp³-hybridized carbons (Fsp3) is 0.600. The lowest BCUT2D eigenvalue weighted by Crippen LogP contribution is -2.38. The Hall–Kier alpha value is -1.06. The zero-order chi connectivity index (χ0) is 13.0. The number of rotatable bonds is 4. The van der Waals surface area contributed by atoms with Crippen LogP contribution in [0.15, 0.2) is 18.2 Å². The molecule has 0 saturated heterocycles. The molecule has 3 heteroatoms. The third-order valence-electron chi connectivity index (χ3n) is 3.90. The van der Waals surface area contributed by atoms with E-state index in [4.69, 9.17) is 15.2 Å². The molecule has 0 heterocycles. The highest BCUT2D eigenvalue weighted by atomic mass is 16.5. The molecule has 1 aliphatic carbocycles. The van der Waals surface area contributed by atoms with Crippen LogP contribution in [0, 0.1) is 0 Å². The van der Waals surface area contributed by atoms with Gasteiger partial charge in [-0.1, -0.05) is 25.3 Å². The Labute approximate surface area is 109 Å². The number of methoxy groups -OCH3 is 2. The van der Waals surface area contributed by atoms with Crippen molar-refractivity contribution >= 4 is 0 Å². The van der Waals surface area contributed by atoms with E-state index in [1.807, 2.05) is 6.07 Å². The minimum atomic E-state index is -0.160. The Morgan fingerprint density at radius 1 is 1.17 bits per heavy atom. The van der Waals surface area contributed by atoms with Crippen molar-refractivity contribution in [2.75, 3.05) is 14.2 Å². The predicted octanol–water partition coefficient (Wildman–Crippen LogP) is 2.96. The molecule has 0 amide bonds. The van der Waals surface area contributed by atoms with Crippen LogP contribution in [0.3, 0.4) is 0 Å². The van der Waals surface area contributed by atoms with E-state index in [0.717, 1.165) is 24.2 Å². The molecule has 0 radical (unpaired) electrons. The first kappa shape index (κ1) is 13.4. The maximum absolute atomic E-state index is 6.56. The summed E-state index contributed by atoms with van der Waals surface area (Å²) < 4.78 is 10.6. The third-order valence-corrected chi connectivity index (χ3v) is 3.90. The summed E-state index contributed by atoms with van der Waals surface area (Å²) in [5.74, 6) is 0.875. The van der Waals surface area contributed by atoms with Gasteiger partial charge in [-0.25, -0.2) is 0 Å². The second-order valence-electron chi connectivity index (χ2n) is 5.18. The molecule has 1 fully saturated rings. The number of hydrogen-bond acceptors (Lipinski definition) is 3. The topological polar surface area (TPSA) is 44.5 Å². The van der Waals surface area contributed by atoms with Gasteiger partial charge in [-0.3, -0.25) is 0 Å². The van der Waals surface area contributed by atoms with Crippen molar-refractivity contribution in [2.45, 2.75) is 44.2 Å². The Morgan fingerprint density at radius 2 is 1.89 bits per heavy atom. The van der Waals surface area contributed by atoms with Gasteiger partial charge in [0, 0.05) is 18.2 Å². The predicted molar refractivity (Wildman–Crippen MR) is 72.7 cm³/mol. The molecule has 0 atom stereocenters. The SMILES string of the molecule is COCc1cc(C2(N)CCCCC2)ccc1OC. The van der Waals surface area contributed by atoms with Crippen LogP contribution in [-0.4, -0.2) is 14.2 Å². The summed E-state index contributed by atoms with van der Waals surface area (Å²) in [7, 11) is 3.39. The maximum atomic E-state index is 6.56. The van der Waals surface area contributed by atoms with Crippen LogP contribution in [0.2, 0.25) is 0 Å². The van der Waals surface area contributed by atoms with E-state index >= 15 is 0 Å². The van der Waals surface area contributed by atoms with Gasteiger partial charge < -0.3 is 15.2 Å². The van der Waals surface area contributed by atoms with E-state index in [0.29, 0.717) is 6.61 Å². The Bertz CT molecular complexity index is 397. The standard InChI is InChI=1S/C15H23NO2/c1-17-11-12-10-13(6-7-14(12)18-2)15(16)8-4-3-5-9-15/h6-7,10H,3-5,8-9,11,16H2,1-2H3. The number of benzene rings is 1. The lowest BCUT2D eigenvalue weighted by molar-refractivity contribution is 0.181. The Kier molecular flexibility index (Phi) is 4.25. The molecule has 100 valence electrons. The summed E-state index contributed by atoms with van der Waals surface area (Å²) in [5.41, 5.74) is 8.69. The first-order valence-corrected chi connectivity index (χ1v) is 6.65. The molecule has 1 aromatic rings. The summed E-state index contributed by atoms with van der Waals surface area (Å²) in [6, 6.07) is 6.25. The minimum absolute atomic E-state index is 0.160. The van der Waals surface area contributed by atoms with Gasteiger partial charge in [0.15, 0.2) is 0 Å². The zero-order valence-electron chi connectivity index (χ0n) is 11.4. The van der Waals surface area contributed by atoms with E-state index in [2.05, 4.69) is 12.1 Å². The van der Waals surface area contributed by atoms with Crippen molar-refractivity contribution in [3.8, 4) is 5.75 Å². The summed E-state index contributed by atoms with van der Waals surface area (Å²) in [6.45, 7) is 0.563. The Morgan fingerprint density at radius 3 is 2.50 bits per heavy atom. The fourth-order valence-electron chi connectivity index (χ4n) is 2.83. The molecule has 1 aromatic carbocycles. The van der Waals surface area contributed by atoms with Gasteiger partial charge in [-0.15, -0.1) is 0 Å². The highest BCUT2D eigenvalue weighted by molar-refractivity contribution is 5.39. The van der Waals surface area contributed by atoms with Gasteiger partial charge >= 0.3 is 0 Å². The van der Waals surface area contributed by atoms with E-state index in [-0.39, 0.29) is 5.54 Å². The molecule has 0 aromatic heterocycles. The maximum Gasteiger partial charge on any atom is 0.124 e. The van der Waals surface area contributed by atoms with Gasteiger partial charge in [0.25, 0.3) is 0 Å². The zero-order valence-corrected chi connectivity index (χ0v) is 11.4. The van der Waals surface area contributed by atoms with Crippen molar-refractivity contribution in [1.82, 2.24) is 0 Å². The monoisotopic (exact) mass is 249 g/mol. The number of ether oxygens (including phenoxy) is 2. The van der Waals surface area contributed by atoms with Crippen LogP contribution in [0.5, 0.6) is 5.75 Å². The van der Waals surface area contributed by atoms with Crippen molar-refractivity contribution in [1.29, 1.82) is 0 Å². The molecule has 18 heavy (non-hydrogen) atoms. The Balaban J connectivity index is 2.30. The molecule has 3 nitrogen and oxygen atoms in total. The van der Waals surface area contributed by atoms with Crippen molar-refractivity contribution in [3.63, 3.8) is 0 Å². The molecular weight excluding hydrogens is 226 g/mol. The molecule has 2 rings (SSSR count). The molecule has 2 N–H and O–H groups in total. The highest BCUT2D eigenvalue weighted by Crippen LogP contribution is 2.36. The molecule has 0 spiro atoms. The molecule has 0 unspecified atom stereocenters. The fourth-order valence-corrected chi connectivity index (χ4v) is 2.83. The van der Waals surface area contributed by atoms with Crippen LogP contribution in [0.4, 0.5) is 0 Å². The van der Waals surface area contributed by atoms with Gasteiger partial charge in [-0.05, 0) is 30.5 Å². The van der Waals surface area contributed by atoms with E-state index in [1.165, 1.54) is 24.8 Å². The molecule has 1 aliphatic rings. The number of hydrogen-bond donors (Lipinski definition) is 1. The minimum Gasteiger partial charge on any atom is -0.496 e. The third kappa shape index (κ3) is 2.68. The largest absolute Gasteiger partial charge is 0.496 e. The first-order valence-electron chi connectivity index (χ1n) is 6.65. The van der Waals surface area contributed by atoms with Gasteiger partial charge in [-0.2, -0.15) is 0 Å². The number of nitrogens with two attached hydrogens (primary N) is 1. The van der Waals surface area contributed by atoms with Crippen LogP contribution in [0.25, 0.3) is 0 Å². The van der Waals surface area contributed by atoms with E-state index in [9.17, 15) is 0 Å². The normalized spacial score (nSPS) is 18.6.